The maximum atomic E-state index is 9.42. The predicted molar refractivity (Wildman–Crippen MR) is 57.9 cm³/mol. The van der Waals surface area contributed by atoms with Crippen LogP contribution in [0, 0.1) is 0 Å². The lowest BCUT2D eigenvalue weighted by atomic mass is 10.1. The van der Waals surface area contributed by atoms with Crippen LogP contribution in [-0.4, -0.2) is 10.3 Å². The zero-order valence-corrected chi connectivity index (χ0v) is 8.96. The van der Waals surface area contributed by atoms with Gasteiger partial charge in [-0.1, -0.05) is 17.3 Å². The summed E-state index contributed by atoms with van der Waals surface area (Å²) in [6, 6.07) is 7.37. The fourth-order valence-electron chi connectivity index (χ4n) is 1.33. The lowest BCUT2D eigenvalue weighted by Gasteiger charge is -2.08. The summed E-state index contributed by atoms with van der Waals surface area (Å²) >= 11 is 0. The predicted octanol–water partition coefficient (Wildman–Crippen LogP) is 2.31. The van der Waals surface area contributed by atoms with Gasteiger partial charge in [-0.2, -0.15) is 0 Å². The fourth-order valence-corrected chi connectivity index (χ4v) is 1.33. The maximum Gasteiger partial charge on any atom is 0.130 e. The monoisotopic (exact) mass is 219 g/mol. The molecule has 0 aliphatic carbocycles. The summed E-state index contributed by atoms with van der Waals surface area (Å²) in [5, 5.41) is 13.0. The third-order valence-corrected chi connectivity index (χ3v) is 2.23. The molecule has 1 heterocycles. The highest BCUT2D eigenvalue weighted by atomic mass is 16.5. The highest BCUT2D eigenvalue weighted by Crippen LogP contribution is 2.19. The first kappa shape index (κ1) is 10.7. The summed E-state index contributed by atoms with van der Waals surface area (Å²) < 4.78 is 10.2. The van der Waals surface area contributed by atoms with E-state index in [2.05, 4.69) is 5.16 Å². The maximum absolute atomic E-state index is 9.42. The number of ether oxygens (including phenoxy) is 1. The van der Waals surface area contributed by atoms with Crippen molar-refractivity contribution in [2.75, 3.05) is 0 Å². The van der Waals surface area contributed by atoms with Crippen LogP contribution in [0.5, 0.6) is 5.75 Å². The van der Waals surface area contributed by atoms with Crippen molar-refractivity contribution in [2.45, 2.75) is 19.6 Å². The van der Waals surface area contributed by atoms with Gasteiger partial charge in [0.15, 0.2) is 0 Å². The minimum absolute atomic E-state index is 0.409. The van der Waals surface area contributed by atoms with Gasteiger partial charge in [0.2, 0.25) is 0 Å². The molecule has 0 fully saturated rings. The molecule has 0 radical (unpaired) electrons. The van der Waals surface area contributed by atoms with Crippen molar-refractivity contribution in [1.29, 1.82) is 0 Å². The molecule has 1 N–H and O–H groups in total. The van der Waals surface area contributed by atoms with Gasteiger partial charge in [0.25, 0.3) is 0 Å². The first-order valence-electron chi connectivity index (χ1n) is 5.05. The molecular formula is C12H13NO3. The Labute approximate surface area is 93.5 Å². The van der Waals surface area contributed by atoms with Crippen LogP contribution in [0.2, 0.25) is 0 Å². The second kappa shape index (κ2) is 4.81. The van der Waals surface area contributed by atoms with Crippen molar-refractivity contribution in [2.24, 2.45) is 0 Å². The molecule has 0 aliphatic rings. The molecule has 0 unspecified atom stereocenters. The lowest BCUT2D eigenvalue weighted by molar-refractivity contribution is 0.198. The summed E-state index contributed by atoms with van der Waals surface area (Å²) in [6.45, 7) is 2.13. The van der Waals surface area contributed by atoms with Crippen molar-refractivity contribution in [3.8, 4) is 5.75 Å². The third kappa shape index (κ3) is 2.61. The van der Waals surface area contributed by atoms with Gasteiger partial charge < -0.3 is 14.4 Å². The van der Waals surface area contributed by atoms with Gasteiger partial charge in [-0.05, 0) is 24.6 Å². The van der Waals surface area contributed by atoms with Crippen molar-refractivity contribution >= 4 is 0 Å². The molecule has 2 aromatic rings. The van der Waals surface area contributed by atoms with E-state index in [4.69, 9.17) is 9.26 Å². The van der Waals surface area contributed by atoms with Gasteiger partial charge >= 0.3 is 0 Å². The Morgan fingerprint density at radius 2 is 2.38 bits per heavy atom. The highest BCUT2D eigenvalue weighted by molar-refractivity contribution is 5.29. The second-order valence-corrected chi connectivity index (χ2v) is 3.57. The Morgan fingerprint density at radius 1 is 1.50 bits per heavy atom. The molecule has 4 nitrogen and oxygen atoms in total. The largest absolute Gasteiger partial charge is 0.489 e. The topological polar surface area (TPSA) is 55.5 Å². The molecule has 0 amide bonds. The summed E-state index contributed by atoms with van der Waals surface area (Å²) in [7, 11) is 0. The molecule has 2 rings (SSSR count). The zero-order chi connectivity index (χ0) is 11.4. The highest BCUT2D eigenvalue weighted by Gasteiger charge is 2.03. The van der Waals surface area contributed by atoms with E-state index < -0.39 is 6.10 Å². The number of hydrogen-bond donors (Lipinski definition) is 1. The molecule has 0 spiro atoms. The Hall–Kier alpha value is -1.81. The number of aliphatic hydroxyl groups is 1. The molecule has 4 heteroatoms. The Kier molecular flexibility index (Phi) is 3.22. The number of hydrogen-bond acceptors (Lipinski definition) is 4. The molecule has 0 bridgehead atoms. The number of aromatic nitrogens is 1. The van der Waals surface area contributed by atoms with Gasteiger partial charge in [-0.25, -0.2) is 0 Å². The lowest BCUT2D eigenvalue weighted by Crippen LogP contribution is -1.96. The van der Waals surface area contributed by atoms with Crippen molar-refractivity contribution < 1.29 is 14.4 Å². The van der Waals surface area contributed by atoms with Crippen LogP contribution in [0.15, 0.2) is 41.2 Å². The van der Waals surface area contributed by atoms with E-state index in [1.54, 1.807) is 19.4 Å². The summed E-state index contributed by atoms with van der Waals surface area (Å²) in [4.78, 5) is 0. The number of benzene rings is 1. The van der Waals surface area contributed by atoms with Crippen LogP contribution in [-0.2, 0) is 6.61 Å². The standard InChI is InChI=1S/C12H13NO3/c1-9(14)11-3-2-4-12(5-11)15-7-10-6-13-16-8-10/h2-6,8-9,14H,7H2,1H3/t9-/m1/s1. The van der Waals surface area contributed by atoms with Gasteiger partial charge in [0, 0.05) is 5.56 Å². The first-order chi connectivity index (χ1) is 7.75. The molecule has 0 saturated carbocycles. The van der Waals surface area contributed by atoms with E-state index in [1.807, 2.05) is 24.3 Å². The number of aliphatic hydroxyl groups excluding tert-OH is 1. The van der Waals surface area contributed by atoms with Crippen molar-refractivity contribution in [3.05, 3.63) is 47.9 Å². The van der Waals surface area contributed by atoms with Crippen LogP contribution < -0.4 is 4.74 Å². The number of nitrogens with zero attached hydrogens (tertiary/aromatic N) is 1. The first-order valence-corrected chi connectivity index (χ1v) is 5.05. The van der Waals surface area contributed by atoms with Crippen molar-refractivity contribution in [3.63, 3.8) is 0 Å². The molecule has 1 aromatic heterocycles. The minimum Gasteiger partial charge on any atom is -0.489 e. The second-order valence-electron chi connectivity index (χ2n) is 3.57. The Morgan fingerprint density at radius 3 is 3.06 bits per heavy atom. The summed E-state index contributed by atoms with van der Waals surface area (Å²) in [6.07, 6.45) is 2.66. The van der Waals surface area contributed by atoms with Crippen LogP contribution in [0.1, 0.15) is 24.2 Å². The minimum atomic E-state index is -0.487. The van der Waals surface area contributed by atoms with E-state index in [0.29, 0.717) is 6.61 Å². The van der Waals surface area contributed by atoms with E-state index in [9.17, 15) is 5.11 Å². The zero-order valence-electron chi connectivity index (χ0n) is 8.96. The van der Waals surface area contributed by atoms with Crippen LogP contribution in [0.3, 0.4) is 0 Å². The Bertz CT molecular complexity index is 437. The van der Waals surface area contributed by atoms with E-state index in [1.165, 1.54) is 0 Å². The smallest absolute Gasteiger partial charge is 0.130 e. The molecule has 1 aromatic carbocycles. The van der Waals surface area contributed by atoms with Gasteiger partial charge in [0.05, 0.1) is 12.3 Å². The fraction of sp³-hybridized carbons (Fsp3) is 0.250. The van der Waals surface area contributed by atoms with Crippen LogP contribution >= 0.6 is 0 Å². The van der Waals surface area contributed by atoms with E-state index in [-0.39, 0.29) is 0 Å². The summed E-state index contributed by atoms with van der Waals surface area (Å²) in [5.41, 5.74) is 1.71. The van der Waals surface area contributed by atoms with Crippen LogP contribution in [0.4, 0.5) is 0 Å². The van der Waals surface area contributed by atoms with E-state index >= 15 is 0 Å². The molecule has 84 valence electrons. The molecule has 0 saturated heterocycles. The molecule has 0 aliphatic heterocycles. The molecule has 16 heavy (non-hydrogen) atoms. The number of rotatable bonds is 4. The Balaban J connectivity index is 2.01. The summed E-state index contributed by atoms with van der Waals surface area (Å²) in [5.74, 6) is 0.722. The van der Waals surface area contributed by atoms with Crippen LogP contribution in [0.25, 0.3) is 0 Å². The van der Waals surface area contributed by atoms with Gasteiger partial charge in [-0.3, -0.25) is 0 Å². The quantitative estimate of drug-likeness (QED) is 0.857. The SMILES string of the molecule is C[C@@H](O)c1cccc(OCc2cnoc2)c1. The normalized spacial score (nSPS) is 12.4. The van der Waals surface area contributed by atoms with Gasteiger partial charge in [-0.15, -0.1) is 0 Å². The van der Waals surface area contributed by atoms with E-state index in [0.717, 1.165) is 16.9 Å². The van der Waals surface area contributed by atoms with Crippen molar-refractivity contribution in [1.82, 2.24) is 5.16 Å². The molecule has 1 atom stereocenters. The average Bonchev–Trinajstić information content (AvgIpc) is 2.79. The molecular weight excluding hydrogens is 206 g/mol. The average molecular weight is 219 g/mol. The van der Waals surface area contributed by atoms with Gasteiger partial charge in [0.1, 0.15) is 18.6 Å². The third-order valence-electron chi connectivity index (χ3n) is 2.23.